The van der Waals surface area contributed by atoms with Crippen LogP contribution < -0.4 is 0 Å². The first-order valence-corrected chi connectivity index (χ1v) is 4.44. The van der Waals surface area contributed by atoms with Crippen molar-refractivity contribution in [3.05, 3.63) is 0 Å². The second-order valence-electron chi connectivity index (χ2n) is 2.20. The Morgan fingerprint density at radius 3 is 2.67 bits per heavy atom. The topological polar surface area (TPSA) is 20.3 Å². The highest BCUT2D eigenvalue weighted by molar-refractivity contribution is 7.81. The summed E-state index contributed by atoms with van der Waals surface area (Å²) in [5.41, 5.74) is 0. The van der Waals surface area contributed by atoms with E-state index >= 15 is 0 Å². The van der Waals surface area contributed by atoms with Crippen molar-refractivity contribution < 1.29 is 8.60 Å². The van der Waals surface area contributed by atoms with Crippen LogP contribution in [0, 0.1) is 0 Å². The average molecular weight is 151 g/mol. The maximum atomic E-state index is 12.4. The van der Waals surface area contributed by atoms with E-state index < -0.39 is 17.2 Å². The van der Waals surface area contributed by atoms with Crippen molar-refractivity contribution in [2.45, 2.75) is 12.6 Å². The first kappa shape index (κ1) is 7.15. The maximum Gasteiger partial charge on any atom is 0.115 e. The van der Waals surface area contributed by atoms with Crippen LogP contribution in [0.1, 0.15) is 6.42 Å². The number of hydrogen-bond acceptors (Lipinski definition) is 1. The van der Waals surface area contributed by atoms with E-state index in [4.69, 9.17) is 0 Å². The van der Waals surface area contributed by atoms with Gasteiger partial charge in [-0.05, 0) is 6.42 Å². The molecule has 0 aliphatic carbocycles. The summed E-state index contributed by atoms with van der Waals surface area (Å²) in [6.07, 6.45) is 1.37. The van der Waals surface area contributed by atoms with Gasteiger partial charge < -0.3 is 0 Å². The number of rotatable bonds is 1. The van der Waals surface area contributed by atoms with Crippen LogP contribution in [0.2, 0.25) is 0 Å². The lowest BCUT2D eigenvalue weighted by atomic mass is 10.4. The zero-order chi connectivity index (χ0) is 6.85. The lowest BCUT2D eigenvalue weighted by molar-refractivity contribution is 0.347. The third kappa shape index (κ3) is 1.72. The molecule has 0 spiro atoms. The molecular formula is C5H10FNOS. The number of halogens is 1. The predicted octanol–water partition coefficient (Wildman–Crippen LogP) is 0.324. The van der Waals surface area contributed by atoms with Gasteiger partial charge in [-0.2, -0.15) is 0 Å². The van der Waals surface area contributed by atoms with Crippen molar-refractivity contribution in [2.24, 2.45) is 0 Å². The summed E-state index contributed by atoms with van der Waals surface area (Å²) in [4.78, 5) is 0. The smallest absolute Gasteiger partial charge is 0.115 e. The van der Waals surface area contributed by atoms with Gasteiger partial charge in [-0.3, -0.25) is 0 Å². The summed E-state index contributed by atoms with van der Waals surface area (Å²) in [5.74, 6) is 0. The standard InChI is InChI=1S/C5H10FNOS/c1-9(8)7-3-2-5(6)4-7/h5H,2-4H2,1H3. The Labute approximate surface area is 56.6 Å². The fourth-order valence-electron chi connectivity index (χ4n) is 0.921. The predicted molar refractivity (Wildman–Crippen MR) is 35.2 cm³/mol. The van der Waals surface area contributed by atoms with Crippen LogP contribution in [-0.4, -0.2) is 34.0 Å². The van der Waals surface area contributed by atoms with Gasteiger partial charge in [0.25, 0.3) is 0 Å². The van der Waals surface area contributed by atoms with Crippen molar-refractivity contribution in [3.8, 4) is 0 Å². The second-order valence-corrected chi connectivity index (χ2v) is 3.56. The SMILES string of the molecule is CS(=O)N1CCC(F)C1. The third-order valence-corrected chi connectivity index (χ3v) is 2.52. The zero-order valence-electron chi connectivity index (χ0n) is 5.34. The van der Waals surface area contributed by atoms with Gasteiger partial charge in [0.2, 0.25) is 0 Å². The summed E-state index contributed by atoms with van der Waals surface area (Å²) < 4.78 is 24.7. The molecule has 0 N–H and O–H groups in total. The maximum absolute atomic E-state index is 12.4. The lowest BCUT2D eigenvalue weighted by Gasteiger charge is -2.07. The van der Waals surface area contributed by atoms with E-state index in [1.54, 1.807) is 10.6 Å². The normalized spacial score (nSPS) is 32.9. The van der Waals surface area contributed by atoms with Crippen molar-refractivity contribution in [3.63, 3.8) is 0 Å². The largest absolute Gasteiger partial charge is 0.246 e. The highest BCUT2D eigenvalue weighted by atomic mass is 32.2. The molecule has 0 radical (unpaired) electrons. The Hall–Kier alpha value is 0.0400. The van der Waals surface area contributed by atoms with Gasteiger partial charge in [-0.1, -0.05) is 0 Å². The molecule has 2 nitrogen and oxygen atoms in total. The first-order valence-electron chi connectivity index (χ1n) is 2.92. The minimum absolute atomic E-state index is 0.350. The monoisotopic (exact) mass is 151 g/mol. The summed E-state index contributed by atoms with van der Waals surface area (Å²) in [7, 11) is -0.968. The molecule has 0 bridgehead atoms. The molecule has 0 aromatic carbocycles. The molecule has 54 valence electrons. The summed E-state index contributed by atoms with van der Waals surface area (Å²) >= 11 is 0. The average Bonchev–Trinajstić information content (AvgIpc) is 2.14. The lowest BCUT2D eigenvalue weighted by Crippen LogP contribution is -2.22. The van der Waals surface area contributed by atoms with E-state index in [1.165, 1.54) is 0 Å². The van der Waals surface area contributed by atoms with Crippen LogP contribution >= 0.6 is 0 Å². The van der Waals surface area contributed by atoms with Gasteiger partial charge in [0.05, 0.1) is 11.0 Å². The van der Waals surface area contributed by atoms with Crippen molar-refractivity contribution in [1.82, 2.24) is 4.31 Å². The Morgan fingerprint density at radius 1 is 1.78 bits per heavy atom. The van der Waals surface area contributed by atoms with E-state index in [0.29, 0.717) is 19.5 Å². The van der Waals surface area contributed by atoms with Crippen LogP contribution in [0.3, 0.4) is 0 Å². The molecule has 1 aliphatic heterocycles. The van der Waals surface area contributed by atoms with E-state index in [2.05, 4.69) is 0 Å². The van der Waals surface area contributed by atoms with E-state index in [9.17, 15) is 8.60 Å². The van der Waals surface area contributed by atoms with Crippen LogP contribution in [0.5, 0.6) is 0 Å². The van der Waals surface area contributed by atoms with Gasteiger partial charge in [-0.15, -0.1) is 0 Å². The molecule has 2 atom stereocenters. The molecular weight excluding hydrogens is 141 g/mol. The van der Waals surface area contributed by atoms with Gasteiger partial charge >= 0.3 is 0 Å². The Balaban J connectivity index is 2.39. The number of alkyl halides is 1. The Kier molecular flexibility index (Phi) is 2.18. The fourth-order valence-corrected chi connectivity index (χ4v) is 1.66. The third-order valence-electron chi connectivity index (χ3n) is 1.46. The van der Waals surface area contributed by atoms with Crippen LogP contribution in [0.4, 0.5) is 4.39 Å². The number of nitrogens with zero attached hydrogens (tertiary/aromatic N) is 1. The molecule has 1 rings (SSSR count). The molecule has 0 amide bonds. The van der Waals surface area contributed by atoms with Gasteiger partial charge in [0.15, 0.2) is 0 Å². The van der Waals surface area contributed by atoms with E-state index in [0.717, 1.165) is 0 Å². The summed E-state index contributed by atoms with van der Waals surface area (Å²) in [5, 5.41) is 0. The van der Waals surface area contributed by atoms with Crippen molar-refractivity contribution >= 4 is 11.0 Å². The molecule has 1 aliphatic rings. The van der Waals surface area contributed by atoms with Crippen molar-refractivity contribution in [1.29, 1.82) is 0 Å². The highest BCUT2D eigenvalue weighted by Crippen LogP contribution is 2.12. The van der Waals surface area contributed by atoms with Gasteiger partial charge in [0.1, 0.15) is 6.17 Å². The Morgan fingerprint density at radius 2 is 2.44 bits per heavy atom. The number of hydrogen-bond donors (Lipinski definition) is 0. The van der Waals surface area contributed by atoms with Crippen LogP contribution in [-0.2, 0) is 11.0 Å². The first-order chi connectivity index (χ1) is 4.20. The molecule has 0 aromatic heterocycles. The van der Waals surface area contributed by atoms with E-state index in [-0.39, 0.29) is 0 Å². The summed E-state index contributed by atoms with van der Waals surface area (Å²) in [6, 6.07) is 0. The molecule has 9 heavy (non-hydrogen) atoms. The molecule has 4 heteroatoms. The quantitative estimate of drug-likeness (QED) is 0.528. The van der Waals surface area contributed by atoms with Crippen LogP contribution in [0.25, 0.3) is 0 Å². The molecule has 1 saturated heterocycles. The van der Waals surface area contributed by atoms with Gasteiger partial charge in [0, 0.05) is 19.3 Å². The molecule has 0 aromatic rings. The van der Waals surface area contributed by atoms with Gasteiger partial charge in [-0.25, -0.2) is 12.9 Å². The van der Waals surface area contributed by atoms with E-state index in [1.807, 2.05) is 0 Å². The molecule has 0 saturated carbocycles. The molecule has 1 fully saturated rings. The van der Waals surface area contributed by atoms with Crippen molar-refractivity contribution in [2.75, 3.05) is 19.3 Å². The molecule has 1 heterocycles. The van der Waals surface area contributed by atoms with Crippen LogP contribution in [0.15, 0.2) is 0 Å². The minimum atomic E-state index is -0.968. The summed E-state index contributed by atoms with van der Waals surface area (Å²) in [6.45, 7) is 0.993. The second kappa shape index (κ2) is 2.75. The highest BCUT2D eigenvalue weighted by Gasteiger charge is 2.23. The molecule has 2 unspecified atom stereocenters. The Bertz CT molecular complexity index is 130. The fraction of sp³-hybridized carbons (Fsp3) is 1.00. The minimum Gasteiger partial charge on any atom is -0.246 e. The zero-order valence-corrected chi connectivity index (χ0v) is 6.16.